The summed E-state index contributed by atoms with van der Waals surface area (Å²) >= 11 is 0. The Morgan fingerprint density at radius 2 is 1.20 bits per heavy atom. The molecule has 3 aliphatic carbocycles. The third-order valence-corrected chi connectivity index (χ3v) is 10.0. The summed E-state index contributed by atoms with van der Waals surface area (Å²) in [6.07, 6.45) is 1.98. The number of carbonyl (C=O) groups is 3. The van der Waals surface area contributed by atoms with Gasteiger partial charge in [-0.25, -0.2) is 0 Å². The molecule has 1 fully saturated rings. The summed E-state index contributed by atoms with van der Waals surface area (Å²) in [5.41, 5.74) is 6.36. The van der Waals surface area contributed by atoms with Crippen molar-refractivity contribution in [2.45, 2.75) is 70.3 Å². The highest BCUT2D eigenvalue weighted by atomic mass is 16.5. The predicted octanol–water partition coefficient (Wildman–Crippen LogP) is 8.17. The van der Waals surface area contributed by atoms with Crippen molar-refractivity contribution in [3.05, 3.63) is 125 Å². The SMILES string of the molecule is CCCC[C@H](C(=O)Nc1ccc(Oc2ccc(C(C)(C)C)cc2)cc1)N1C(=O)[C@H]2C3c4ccccc4C(c4ccccc43)[C@@H]2C1=O. The van der Waals surface area contributed by atoms with E-state index in [1.54, 1.807) is 24.3 Å². The normalized spacial score (nSPS) is 21.8. The first kappa shape index (κ1) is 30.0. The van der Waals surface area contributed by atoms with Crippen LogP contribution in [-0.4, -0.2) is 28.7 Å². The van der Waals surface area contributed by atoms with Gasteiger partial charge in [0, 0.05) is 17.5 Å². The summed E-state index contributed by atoms with van der Waals surface area (Å²) < 4.78 is 6.04. The quantitative estimate of drug-likeness (QED) is 0.204. The Morgan fingerprint density at radius 1 is 0.739 bits per heavy atom. The number of amides is 3. The highest BCUT2D eigenvalue weighted by molar-refractivity contribution is 6.11. The molecule has 1 aliphatic heterocycles. The zero-order valence-corrected chi connectivity index (χ0v) is 26.8. The van der Waals surface area contributed by atoms with Crippen LogP contribution < -0.4 is 10.1 Å². The summed E-state index contributed by atoms with van der Waals surface area (Å²) in [6, 6.07) is 30.8. The number of imide groups is 1. The molecule has 4 aromatic rings. The summed E-state index contributed by atoms with van der Waals surface area (Å²) in [5, 5.41) is 3.00. The van der Waals surface area contributed by atoms with Crippen molar-refractivity contribution >= 4 is 23.4 Å². The second kappa shape index (κ2) is 11.6. The van der Waals surface area contributed by atoms with Gasteiger partial charge < -0.3 is 10.1 Å². The monoisotopic (exact) mass is 612 g/mol. The van der Waals surface area contributed by atoms with Gasteiger partial charge in [-0.2, -0.15) is 0 Å². The van der Waals surface area contributed by atoms with Crippen LogP contribution in [0.4, 0.5) is 5.69 Å². The van der Waals surface area contributed by atoms with E-state index >= 15 is 0 Å². The molecule has 4 aromatic carbocycles. The van der Waals surface area contributed by atoms with E-state index in [1.807, 2.05) is 43.3 Å². The fourth-order valence-corrected chi connectivity index (χ4v) is 7.77. The molecule has 3 amide bonds. The summed E-state index contributed by atoms with van der Waals surface area (Å²) in [5.74, 6) is -0.837. The lowest BCUT2D eigenvalue weighted by Crippen LogP contribution is -2.48. The van der Waals surface area contributed by atoms with Gasteiger partial charge >= 0.3 is 0 Å². The lowest BCUT2D eigenvalue weighted by atomic mass is 9.55. The molecular weight excluding hydrogens is 572 g/mol. The first-order valence-electron chi connectivity index (χ1n) is 16.4. The van der Waals surface area contributed by atoms with Gasteiger partial charge in [-0.1, -0.05) is 101 Å². The van der Waals surface area contributed by atoms with Gasteiger partial charge in [0.25, 0.3) is 0 Å². The molecule has 1 saturated heterocycles. The Kier molecular flexibility index (Phi) is 7.54. The van der Waals surface area contributed by atoms with Crippen LogP contribution in [0.2, 0.25) is 0 Å². The van der Waals surface area contributed by atoms with Crippen molar-refractivity contribution in [1.29, 1.82) is 0 Å². The molecule has 234 valence electrons. The molecular formula is C40H40N2O4. The van der Waals surface area contributed by atoms with Gasteiger partial charge in [0.1, 0.15) is 17.5 Å². The van der Waals surface area contributed by atoms with E-state index < -0.39 is 17.9 Å². The topological polar surface area (TPSA) is 75.7 Å². The zero-order valence-electron chi connectivity index (χ0n) is 26.8. The molecule has 6 nitrogen and oxygen atoms in total. The van der Waals surface area contributed by atoms with Crippen LogP contribution >= 0.6 is 0 Å². The van der Waals surface area contributed by atoms with Gasteiger partial charge in [-0.3, -0.25) is 19.3 Å². The molecule has 8 rings (SSSR count). The highest BCUT2D eigenvalue weighted by Crippen LogP contribution is 2.61. The highest BCUT2D eigenvalue weighted by Gasteiger charge is 2.62. The average Bonchev–Trinajstić information content (AvgIpc) is 3.32. The van der Waals surface area contributed by atoms with E-state index in [2.05, 4.69) is 62.5 Å². The van der Waals surface area contributed by atoms with Crippen LogP contribution in [0.25, 0.3) is 0 Å². The van der Waals surface area contributed by atoms with Gasteiger partial charge in [-0.05, 0) is 76.1 Å². The van der Waals surface area contributed by atoms with Gasteiger partial charge in [0.05, 0.1) is 11.8 Å². The van der Waals surface area contributed by atoms with Crippen molar-refractivity contribution in [2.24, 2.45) is 11.8 Å². The van der Waals surface area contributed by atoms with Crippen LogP contribution in [0.15, 0.2) is 97.1 Å². The van der Waals surface area contributed by atoms with E-state index in [0.717, 1.165) is 40.8 Å². The zero-order chi connectivity index (χ0) is 32.2. The van der Waals surface area contributed by atoms with Crippen LogP contribution in [0.1, 0.15) is 86.6 Å². The largest absolute Gasteiger partial charge is 0.457 e. The van der Waals surface area contributed by atoms with Gasteiger partial charge in [0.15, 0.2) is 0 Å². The Morgan fingerprint density at radius 3 is 1.63 bits per heavy atom. The van der Waals surface area contributed by atoms with Crippen molar-refractivity contribution in [2.75, 3.05) is 5.32 Å². The average molecular weight is 613 g/mol. The molecule has 6 heteroatoms. The van der Waals surface area contributed by atoms with Crippen molar-refractivity contribution in [3.8, 4) is 11.5 Å². The molecule has 1 heterocycles. The Balaban J connectivity index is 1.12. The van der Waals surface area contributed by atoms with Crippen LogP contribution in [0, 0.1) is 11.8 Å². The van der Waals surface area contributed by atoms with Gasteiger partial charge in [-0.15, -0.1) is 0 Å². The predicted molar refractivity (Wildman–Crippen MR) is 179 cm³/mol. The van der Waals surface area contributed by atoms with E-state index in [0.29, 0.717) is 17.9 Å². The smallest absolute Gasteiger partial charge is 0.247 e. The lowest BCUT2D eigenvalue weighted by Gasteiger charge is -2.45. The number of nitrogens with one attached hydrogen (secondary N) is 1. The standard InChI is InChI=1S/C40H40N2O4/c1-5-6-15-32(37(43)41-25-18-22-27(23-19-25)46-26-20-16-24(17-21-26)40(2,3)4)42-38(44)35-33-28-11-7-8-12-29(28)34(36(35)39(42)45)31-14-10-9-13-30(31)33/h7-14,16-23,32-36H,5-6,15H2,1-4H3,(H,41,43)/t32-,33?,34?,35+,36+/m1/s1. The number of ether oxygens (including phenoxy) is 1. The molecule has 0 aromatic heterocycles. The van der Waals surface area contributed by atoms with E-state index in [9.17, 15) is 14.4 Å². The first-order chi connectivity index (χ1) is 22.2. The first-order valence-corrected chi connectivity index (χ1v) is 16.4. The van der Waals surface area contributed by atoms with Crippen LogP contribution in [0.3, 0.4) is 0 Å². The molecule has 0 radical (unpaired) electrons. The van der Waals surface area contributed by atoms with Crippen LogP contribution in [0.5, 0.6) is 11.5 Å². The number of benzene rings is 4. The second-order valence-corrected chi connectivity index (χ2v) is 13.9. The number of carbonyl (C=O) groups excluding carboxylic acids is 3. The number of nitrogens with zero attached hydrogens (tertiary/aromatic N) is 1. The molecule has 1 N–H and O–H groups in total. The minimum Gasteiger partial charge on any atom is -0.457 e. The second-order valence-electron chi connectivity index (χ2n) is 13.9. The lowest BCUT2D eigenvalue weighted by molar-refractivity contribution is -0.147. The van der Waals surface area contributed by atoms with E-state index in [1.165, 1.54) is 10.5 Å². The third kappa shape index (κ3) is 5.00. The minimum atomic E-state index is -0.881. The van der Waals surface area contributed by atoms with Crippen molar-refractivity contribution in [3.63, 3.8) is 0 Å². The number of unbranched alkanes of at least 4 members (excludes halogenated alkanes) is 1. The van der Waals surface area contributed by atoms with E-state index in [4.69, 9.17) is 4.74 Å². The molecule has 4 aliphatic rings. The maximum Gasteiger partial charge on any atom is 0.247 e. The fraction of sp³-hybridized carbons (Fsp3) is 0.325. The minimum absolute atomic E-state index is 0.0608. The van der Waals surface area contributed by atoms with Crippen LogP contribution in [-0.2, 0) is 19.8 Å². The maximum absolute atomic E-state index is 14.3. The summed E-state index contributed by atoms with van der Waals surface area (Å²) in [4.78, 5) is 43.9. The fourth-order valence-electron chi connectivity index (χ4n) is 7.77. The number of likely N-dealkylation sites (tertiary alicyclic amines) is 1. The molecule has 0 spiro atoms. The van der Waals surface area contributed by atoms with Crippen molar-refractivity contribution < 1.29 is 19.1 Å². The molecule has 2 bridgehead atoms. The third-order valence-electron chi connectivity index (χ3n) is 10.0. The molecule has 0 unspecified atom stereocenters. The number of anilines is 1. The molecule has 46 heavy (non-hydrogen) atoms. The molecule has 3 atom stereocenters. The summed E-state index contributed by atoms with van der Waals surface area (Å²) in [7, 11) is 0. The van der Waals surface area contributed by atoms with Crippen molar-refractivity contribution in [1.82, 2.24) is 4.90 Å². The maximum atomic E-state index is 14.3. The number of rotatable bonds is 8. The number of hydrogen-bond acceptors (Lipinski definition) is 4. The molecule has 0 saturated carbocycles. The number of hydrogen-bond donors (Lipinski definition) is 1. The van der Waals surface area contributed by atoms with Gasteiger partial charge in [0.2, 0.25) is 17.7 Å². The van der Waals surface area contributed by atoms with E-state index in [-0.39, 0.29) is 35.0 Å². The Bertz CT molecular complexity index is 1690. The Labute approximate surface area is 270 Å². The summed E-state index contributed by atoms with van der Waals surface area (Å²) in [6.45, 7) is 8.57. The Hall–Kier alpha value is -4.71.